The summed E-state index contributed by atoms with van der Waals surface area (Å²) in [6, 6.07) is 0.110. The maximum Gasteiger partial charge on any atom is 0.159 e. The Kier molecular flexibility index (Phi) is 7.15. The number of carbonyl (C=O) groups is 2. The van der Waals surface area contributed by atoms with Gasteiger partial charge in [0.25, 0.3) is 0 Å². The summed E-state index contributed by atoms with van der Waals surface area (Å²) < 4.78 is 5.74. The summed E-state index contributed by atoms with van der Waals surface area (Å²) in [6.07, 6.45) is 8.40. The number of hydrogen-bond acceptors (Lipinski definition) is 6. The number of aliphatic hydroxyl groups excluding tert-OH is 1. The predicted octanol–water partition coefficient (Wildman–Crippen LogP) is 5.92. The molecule has 6 nitrogen and oxygen atoms in total. The smallest absolute Gasteiger partial charge is 0.159 e. The number of nitrogens with one attached hydrogen (secondary N) is 1. The largest absolute Gasteiger partial charge is 0.390 e. The summed E-state index contributed by atoms with van der Waals surface area (Å²) in [6.45, 7) is 18.2. The molecule has 0 bridgehead atoms. The summed E-state index contributed by atoms with van der Waals surface area (Å²) >= 11 is 0. The summed E-state index contributed by atoms with van der Waals surface area (Å²) in [5.74, 6) is 1.34. The molecule has 11 atom stereocenters. The number of β-amino-alcohol motifs (C(OH)–C–C–N with tert-alkyl or cyclic N) is 1. The van der Waals surface area contributed by atoms with Crippen molar-refractivity contribution in [3.63, 3.8) is 0 Å². The van der Waals surface area contributed by atoms with Crippen LogP contribution in [0.15, 0.2) is 11.1 Å². The minimum Gasteiger partial charge on any atom is -0.390 e. The van der Waals surface area contributed by atoms with Crippen molar-refractivity contribution >= 4 is 11.6 Å². The van der Waals surface area contributed by atoms with Gasteiger partial charge in [-0.15, -0.1) is 0 Å². The average molecular weight is 584 g/mol. The van der Waals surface area contributed by atoms with E-state index in [1.54, 1.807) is 0 Å². The maximum absolute atomic E-state index is 14.0. The minimum absolute atomic E-state index is 0.00567. The Hall–Kier alpha value is -1.08. The summed E-state index contributed by atoms with van der Waals surface area (Å²) in [5, 5.41) is 26.1. The van der Waals surface area contributed by atoms with Crippen molar-refractivity contribution in [3.05, 3.63) is 11.1 Å². The lowest BCUT2D eigenvalue weighted by Crippen LogP contribution is -2.69. The molecule has 0 aromatic rings. The molecule has 2 aliphatic heterocycles. The van der Waals surface area contributed by atoms with Crippen molar-refractivity contribution in [3.8, 4) is 0 Å². The number of Topliss-reactive ketones (excluding diaryl/α,β-unsaturated/α-hetero) is 2. The fourth-order valence-corrected chi connectivity index (χ4v) is 11.9. The first-order valence-electron chi connectivity index (χ1n) is 17.0. The lowest BCUT2D eigenvalue weighted by atomic mass is 9.35. The van der Waals surface area contributed by atoms with Crippen LogP contribution in [-0.4, -0.2) is 57.8 Å². The molecule has 2 saturated heterocycles. The first kappa shape index (κ1) is 30.9. The second-order valence-electron chi connectivity index (χ2n) is 17.4. The highest BCUT2D eigenvalue weighted by Crippen LogP contribution is 2.74. The zero-order chi connectivity index (χ0) is 30.7. The average Bonchev–Trinajstić information content (AvgIpc) is 3.43. The summed E-state index contributed by atoms with van der Waals surface area (Å²) in [7, 11) is 0. The third-order valence-electron chi connectivity index (χ3n) is 14.2. The number of hydrogen-bond donors (Lipinski definition) is 3. The van der Waals surface area contributed by atoms with Gasteiger partial charge < -0.3 is 20.3 Å². The van der Waals surface area contributed by atoms with E-state index in [1.807, 2.05) is 20.8 Å². The summed E-state index contributed by atoms with van der Waals surface area (Å²) in [4.78, 5) is 27.8. The second kappa shape index (κ2) is 9.71. The van der Waals surface area contributed by atoms with Crippen LogP contribution in [0.1, 0.15) is 126 Å². The molecule has 6 heteroatoms. The van der Waals surface area contributed by atoms with Crippen LogP contribution in [0.2, 0.25) is 0 Å². The lowest BCUT2D eigenvalue weighted by molar-refractivity contribution is -0.195. The van der Waals surface area contributed by atoms with Crippen molar-refractivity contribution in [2.75, 3.05) is 6.54 Å². The zero-order valence-electron chi connectivity index (χ0n) is 27.6. The molecule has 5 fully saturated rings. The van der Waals surface area contributed by atoms with E-state index >= 15 is 0 Å². The van der Waals surface area contributed by atoms with E-state index < -0.39 is 11.7 Å². The topological polar surface area (TPSA) is 99.2 Å². The van der Waals surface area contributed by atoms with E-state index in [1.165, 1.54) is 5.57 Å². The quantitative estimate of drug-likeness (QED) is 0.355. The van der Waals surface area contributed by atoms with Gasteiger partial charge in [-0.05, 0) is 99.9 Å². The molecule has 3 saturated carbocycles. The van der Waals surface area contributed by atoms with Gasteiger partial charge in [-0.25, -0.2) is 0 Å². The lowest BCUT2D eigenvalue weighted by Gasteiger charge is -2.70. The van der Waals surface area contributed by atoms with Gasteiger partial charge >= 0.3 is 0 Å². The van der Waals surface area contributed by atoms with Gasteiger partial charge in [0, 0.05) is 36.3 Å². The molecule has 42 heavy (non-hydrogen) atoms. The van der Waals surface area contributed by atoms with Crippen molar-refractivity contribution in [1.29, 1.82) is 0 Å². The molecule has 4 aliphatic carbocycles. The highest BCUT2D eigenvalue weighted by Gasteiger charge is 2.70. The van der Waals surface area contributed by atoms with Crippen molar-refractivity contribution in [2.45, 2.75) is 155 Å². The molecule has 0 aromatic heterocycles. The molecule has 0 spiro atoms. The Morgan fingerprint density at radius 1 is 1.00 bits per heavy atom. The highest BCUT2D eigenvalue weighted by atomic mass is 16.6. The van der Waals surface area contributed by atoms with Gasteiger partial charge in [-0.1, -0.05) is 53.0 Å². The van der Waals surface area contributed by atoms with Crippen LogP contribution >= 0.6 is 0 Å². The number of fused-ring (bicyclic) bond motifs is 4. The number of carbonyl (C=O) groups excluding carboxylic acids is 2. The van der Waals surface area contributed by atoms with Crippen molar-refractivity contribution in [2.24, 2.45) is 39.4 Å². The summed E-state index contributed by atoms with van der Waals surface area (Å²) in [5.41, 5.74) is 0.530. The monoisotopic (exact) mass is 583 g/mol. The molecular formula is C36H57NO5. The van der Waals surface area contributed by atoms with Crippen molar-refractivity contribution < 1.29 is 24.5 Å². The standard InChI is InChI=1S/C36H57NO5/c1-21(17-24(38)30-31(2,3)42-30)28-22-11-12-26-33(5)16-13-27(40)34(6)15-10-9-14-32(4,41)20-37-23(29(33)34)18-36(26,8)35(22,7)19-25(28)39/h21,23-24,26,29-30,37-38,41H,9-20H2,1-8H3/t21-,23+,24-,26-,29-,30-,32+,33+,34+,35+,36+/m1/s1. The second-order valence-corrected chi connectivity index (χ2v) is 17.4. The number of epoxide rings is 1. The van der Waals surface area contributed by atoms with E-state index in [2.05, 4.69) is 39.9 Å². The predicted molar refractivity (Wildman–Crippen MR) is 164 cm³/mol. The Morgan fingerprint density at radius 2 is 1.67 bits per heavy atom. The third-order valence-corrected chi connectivity index (χ3v) is 14.2. The fraction of sp³-hybridized carbons (Fsp3) is 0.889. The first-order chi connectivity index (χ1) is 19.4. The number of aliphatic hydroxyl groups is 2. The van der Waals surface area contributed by atoms with Gasteiger partial charge in [-0.3, -0.25) is 9.59 Å². The Morgan fingerprint density at radius 3 is 2.33 bits per heavy atom. The van der Waals surface area contributed by atoms with Crippen LogP contribution in [0.25, 0.3) is 0 Å². The van der Waals surface area contributed by atoms with Crippen LogP contribution in [0.5, 0.6) is 0 Å². The first-order valence-corrected chi connectivity index (χ1v) is 17.0. The van der Waals surface area contributed by atoms with Gasteiger partial charge in [0.1, 0.15) is 11.9 Å². The van der Waals surface area contributed by atoms with E-state index in [4.69, 9.17) is 4.74 Å². The molecule has 0 aromatic carbocycles. The fourth-order valence-electron chi connectivity index (χ4n) is 11.9. The number of allylic oxidation sites excluding steroid dienone is 2. The number of ether oxygens (including phenoxy) is 1. The number of rotatable bonds is 4. The molecule has 0 amide bonds. The Bertz CT molecular complexity index is 1190. The van der Waals surface area contributed by atoms with Crippen LogP contribution < -0.4 is 5.32 Å². The van der Waals surface area contributed by atoms with Crippen LogP contribution in [0.4, 0.5) is 0 Å². The Balaban J connectivity index is 1.39. The van der Waals surface area contributed by atoms with Crippen molar-refractivity contribution in [1.82, 2.24) is 5.32 Å². The highest BCUT2D eigenvalue weighted by molar-refractivity contribution is 6.00. The maximum atomic E-state index is 14.0. The van der Waals surface area contributed by atoms with E-state index in [9.17, 15) is 19.8 Å². The van der Waals surface area contributed by atoms with Gasteiger partial charge in [0.05, 0.1) is 17.3 Å². The molecule has 6 aliphatic rings. The molecule has 3 N–H and O–H groups in total. The van der Waals surface area contributed by atoms with E-state index in [-0.39, 0.29) is 57.0 Å². The molecule has 6 rings (SSSR count). The van der Waals surface area contributed by atoms with Crippen LogP contribution in [0, 0.1) is 39.4 Å². The molecule has 0 radical (unpaired) electrons. The molecule has 236 valence electrons. The van der Waals surface area contributed by atoms with Crippen LogP contribution in [-0.2, 0) is 14.3 Å². The van der Waals surface area contributed by atoms with Gasteiger partial charge in [0.2, 0.25) is 0 Å². The van der Waals surface area contributed by atoms with Gasteiger partial charge in [-0.2, -0.15) is 0 Å². The normalized spacial score (nSPS) is 50.0. The zero-order valence-corrected chi connectivity index (χ0v) is 27.6. The van der Waals surface area contributed by atoms with Crippen LogP contribution in [0.3, 0.4) is 0 Å². The van der Waals surface area contributed by atoms with Gasteiger partial charge in [0.15, 0.2) is 5.78 Å². The van der Waals surface area contributed by atoms with E-state index in [0.29, 0.717) is 37.5 Å². The molecular weight excluding hydrogens is 526 g/mol. The molecule has 0 unspecified atom stereocenters. The number of ketones is 2. The SMILES string of the molecule is C[C@H](C[C@@H](O)[C@H]1OC1(C)C)C1=C2CC[C@@H]3[C@]4(C)CCC(=O)[C@]5(C)CCCC[C@](C)(O)CN[C@@H](C[C@]3(C)[C@@]2(C)CC1=O)[C@H]45. The Labute approximate surface area is 253 Å². The minimum atomic E-state index is -0.769. The van der Waals surface area contributed by atoms with E-state index in [0.717, 1.165) is 56.9 Å². The molecule has 2 heterocycles. The third kappa shape index (κ3) is 4.39.